The van der Waals surface area contributed by atoms with Gasteiger partial charge < -0.3 is 10.2 Å². The summed E-state index contributed by atoms with van der Waals surface area (Å²) in [5.41, 5.74) is 1.89. The molecule has 0 unspecified atom stereocenters. The van der Waals surface area contributed by atoms with Gasteiger partial charge in [-0.3, -0.25) is 4.79 Å². The van der Waals surface area contributed by atoms with Crippen LogP contribution in [0.15, 0.2) is 30.6 Å². The molecule has 2 aliphatic rings. The van der Waals surface area contributed by atoms with Gasteiger partial charge in [0.2, 0.25) is 5.91 Å². The molecule has 2 heterocycles. The highest BCUT2D eigenvalue weighted by Crippen LogP contribution is 2.25. The van der Waals surface area contributed by atoms with Gasteiger partial charge in [-0.25, -0.2) is 4.68 Å². The maximum absolute atomic E-state index is 12.4. The van der Waals surface area contributed by atoms with Gasteiger partial charge in [0, 0.05) is 25.2 Å². The molecular formula is C20H28N6O. The van der Waals surface area contributed by atoms with Crippen molar-refractivity contribution in [2.45, 2.75) is 63.5 Å². The van der Waals surface area contributed by atoms with Crippen LogP contribution in [0.3, 0.4) is 0 Å². The topological polar surface area (TPSA) is 75.9 Å². The van der Waals surface area contributed by atoms with Crippen LogP contribution >= 0.6 is 0 Å². The fourth-order valence-corrected chi connectivity index (χ4v) is 4.37. The molecule has 4 rings (SSSR count). The second-order valence-corrected chi connectivity index (χ2v) is 7.77. The quantitative estimate of drug-likeness (QED) is 0.875. The maximum atomic E-state index is 12.4. The highest BCUT2D eigenvalue weighted by molar-refractivity contribution is 5.78. The van der Waals surface area contributed by atoms with Gasteiger partial charge in [0.15, 0.2) is 0 Å². The number of carbonyl (C=O) groups excluding carboxylic acids is 1. The Morgan fingerprint density at radius 3 is 2.44 bits per heavy atom. The molecule has 0 spiro atoms. The zero-order valence-electron chi connectivity index (χ0n) is 15.8. The summed E-state index contributed by atoms with van der Waals surface area (Å²) in [5, 5.41) is 14.4. The first-order valence-electron chi connectivity index (χ1n) is 10.1. The molecule has 27 heavy (non-hydrogen) atoms. The van der Waals surface area contributed by atoms with E-state index in [0.29, 0.717) is 12.5 Å². The van der Waals surface area contributed by atoms with Crippen LogP contribution in [-0.4, -0.2) is 56.2 Å². The number of tetrazole rings is 1. The zero-order valence-corrected chi connectivity index (χ0v) is 15.8. The molecule has 1 saturated heterocycles. The summed E-state index contributed by atoms with van der Waals surface area (Å²) < 4.78 is 1.60. The third kappa shape index (κ3) is 4.71. The van der Waals surface area contributed by atoms with Gasteiger partial charge in [0.25, 0.3) is 0 Å². The van der Waals surface area contributed by atoms with Crippen LogP contribution in [0.2, 0.25) is 0 Å². The van der Waals surface area contributed by atoms with Crippen molar-refractivity contribution >= 4 is 5.91 Å². The van der Waals surface area contributed by atoms with Crippen LogP contribution in [0.25, 0.3) is 5.69 Å². The van der Waals surface area contributed by atoms with Crippen LogP contribution in [-0.2, 0) is 11.2 Å². The van der Waals surface area contributed by atoms with Gasteiger partial charge >= 0.3 is 0 Å². The van der Waals surface area contributed by atoms with Crippen LogP contribution in [0.4, 0.5) is 0 Å². The molecule has 0 radical (unpaired) electrons. The van der Waals surface area contributed by atoms with Gasteiger partial charge in [-0.05, 0) is 53.8 Å². The van der Waals surface area contributed by atoms with Gasteiger partial charge in [-0.2, -0.15) is 0 Å². The Morgan fingerprint density at radius 2 is 1.78 bits per heavy atom. The molecule has 0 atom stereocenters. The number of aromatic nitrogens is 4. The van der Waals surface area contributed by atoms with Gasteiger partial charge in [-0.1, -0.05) is 31.4 Å². The molecule has 7 nitrogen and oxygen atoms in total. The minimum absolute atomic E-state index is 0.112. The molecule has 1 aromatic carbocycles. The molecular weight excluding hydrogens is 340 g/mol. The van der Waals surface area contributed by atoms with Crippen molar-refractivity contribution in [2.75, 3.05) is 13.1 Å². The van der Waals surface area contributed by atoms with Gasteiger partial charge in [0.05, 0.1) is 12.1 Å². The number of benzene rings is 1. The minimum Gasteiger partial charge on any atom is -0.353 e. The first-order valence-corrected chi connectivity index (χ1v) is 10.1. The number of amides is 1. The van der Waals surface area contributed by atoms with Crippen molar-refractivity contribution in [1.82, 2.24) is 30.4 Å². The molecule has 7 heteroatoms. The van der Waals surface area contributed by atoms with E-state index in [1.807, 2.05) is 24.3 Å². The van der Waals surface area contributed by atoms with Crippen LogP contribution in [0.1, 0.15) is 50.5 Å². The van der Waals surface area contributed by atoms with Crippen molar-refractivity contribution < 1.29 is 4.79 Å². The van der Waals surface area contributed by atoms with Crippen molar-refractivity contribution in [3.05, 3.63) is 36.2 Å². The van der Waals surface area contributed by atoms with Crippen LogP contribution < -0.4 is 5.32 Å². The van der Waals surface area contributed by atoms with E-state index in [4.69, 9.17) is 0 Å². The van der Waals surface area contributed by atoms with Gasteiger partial charge in [-0.15, -0.1) is 5.10 Å². The Bertz CT molecular complexity index is 715. The molecule has 2 fully saturated rings. The van der Waals surface area contributed by atoms with E-state index in [0.717, 1.165) is 43.2 Å². The molecule has 0 bridgehead atoms. The number of hydrogen-bond donors (Lipinski definition) is 1. The second kappa shape index (κ2) is 8.61. The molecule has 1 amide bonds. The number of hydrogen-bond acceptors (Lipinski definition) is 5. The summed E-state index contributed by atoms with van der Waals surface area (Å²) in [4.78, 5) is 15.1. The lowest BCUT2D eigenvalue weighted by molar-refractivity contribution is -0.121. The van der Waals surface area contributed by atoms with Crippen molar-refractivity contribution in [3.8, 4) is 5.69 Å². The predicted molar refractivity (Wildman–Crippen MR) is 102 cm³/mol. The Morgan fingerprint density at radius 1 is 1.04 bits per heavy atom. The number of likely N-dealkylation sites (tertiary alicyclic amines) is 1. The lowest BCUT2D eigenvalue weighted by atomic mass is 9.92. The summed E-state index contributed by atoms with van der Waals surface area (Å²) in [6.07, 6.45) is 11.0. The zero-order chi connectivity index (χ0) is 18.5. The SMILES string of the molecule is O=C(Cc1ccc(-n2cnnn2)cc1)NC1CCN(C2CCCCC2)CC1. The minimum atomic E-state index is 0.112. The Hall–Kier alpha value is -2.28. The smallest absolute Gasteiger partial charge is 0.224 e. The fraction of sp³-hybridized carbons (Fsp3) is 0.600. The fourth-order valence-electron chi connectivity index (χ4n) is 4.37. The highest BCUT2D eigenvalue weighted by Gasteiger charge is 2.26. The largest absolute Gasteiger partial charge is 0.353 e. The molecule has 1 aromatic heterocycles. The first-order chi connectivity index (χ1) is 13.3. The Balaban J connectivity index is 1.23. The molecule has 1 aliphatic carbocycles. The van der Waals surface area contributed by atoms with Crippen molar-refractivity contribution in [1.29, 1.82) is 0 Å². The molecule has 1 saturated carbocycles. The van der Waals surface area contributed by atoms with Crippen molar-refractivity contribution in [3.63, 3.8) is 0 Å². The summed E-state index contributed by atoms with van der Waals surface area (Å²) in [5.74, 6) is 0.112. The monoisotopic (exact) mass is 368 g/mol. The second-order valence-electron chi connectivity index (χ2n) is 7.77. The van der Waals surface area contributed by atoms with E-state index < -0.39 is 0 Å². The summed E-state index contributed by atoms with van der Waals surface area (Å²) in [6, 6.07) is 8.89. The number of rotatable bonds is 5. The third-order valence-corrected chi connectivity index (χ3v) is 5.90. The highest BCUT2D eigenvalue weighted by atomic mass is 16.1. The average Bonchev–Trinajstić information content (AvgIpc) is 3.25. The first kappa shape index (κ1) is 18.1. The maximum Gasteiger partial charge on any atom is 0.224 e. The number of piperidine rings is 1. The average molecular weight is 368 g/mol. The summed E-state index contributed by atoms with van der Waals surface area (Å²) >= 11 is 0. The van der Waals surface area contributed by atoms with Crippen LogP contribution in [0, 0.1) is 0 Å². The number of carbonyl (C=O) groups is 1. The Kier molecular flexibility index (Phi) is 5.77. The standard InChI is InChI=1S/C20H28N6O/c27-20(14-16-6-8-19(9-7-16)26-15-21-23-24-26)22-17-10-12-25(13-11-17)18-4-2-1-3-5-18/h6-9,15,17-18H,1-5,10-14H2,(H,22,27). The molecule has 1 aliphatic heterocycles. The van der Waals surface area contributed by atoms with E-state index in [-0.39, 0.29) is 5.91 Å². The normalized spacial score (nSPS) is 19.9. The van der Waals surface area contributed by atoms with E-state index in [2.05, 4.69) is 25.7 Å². The van der Waals surface area contributed by atoms with E-state index in [1.54, 1.807) is 11.0 Å². The van der Waals surface area contributed by atoms with E-state index in [1.165, 1.54) is 32.1 Å². The molecule has 144 valence electrons. The number of nitrogens with one attached hydrogen (secondary N) is 1. The van der Waals surface area contributed by atoms with E-state index in [9.17, 15) is 4.79 Å². The molecule has 2 aromatic rings. The van der Waals surface area contributed by atoms with Crippen LogP contribution in [0.5, 0.6) is 0 Å². The van der Waals surface area contributed by atoms with Gasteiger partial charge in [0.1, 0.15) is 6.33 Å². The van der Waals surface area contributed by atoms with E-state index >= 15 is 0 Å². The number of nitrogens with zero attached hydrogens (tertiary/aromatic N) is 5. The summed E-state index contributed by atoms with van der Waals surface area (Å²) in [6.45, 7) is 2.24. The molecule has 1 N–H and O–H groups in total. The van der Waals surface area contributed by atoms with Crippen molar-refractivity contribution in [2.24, 2.45) is 0 Å². The summed E-state index contributed by atoms with van der Waals surface area (Å²) in [7, 11) is 0. The Labute approximate surface area is 160 Å². The predicted octanol–water partition coefficient (Wildman–Crippen LogP) is 2.12. The third-order valence-electron chi connectivity index (χ3n) is 5.90. The lowest BCUT2D eigenvalue weighted by Gasteiger charge is -2.39. The lowest BCUT2D eigenvalue weighted by Crippen LogP contribution is -2.48.